The van der Waals surface area contributed by atoms with Crippen LogP contribution in [0.1, 0.15) is 45.6 Å². The molecule has 0 amide bonds. The van der Waals surface area contributed by atoms with E-state index in [2.05, 4.69) is 10.4 Å². The summed E-state index contributed by atoms with van der Waals surface area (Å²) in [5.74, 6) is 0.642. The average molecular weight is 286 g/mol. The van der Waals surface area contributed by atoms with Crippen LogP contribution in [0.2, 0.25) is 0 Å². The molecule has 0 bridgehead atoms. The molecule has 1 unspecified atom stereocenters. The van der Waals surface area contributed by atoms with Crippen molar-refractivity contribution in [1.29, 1.82) is 0 Å². The van der Waals surface area contributed by atoms with Crippen LogP contribution in [0.25, 0.3) is 0 Å². The minimum Gasteiger partial charge on any atom is -0.383 e. The van der Waals surface area contributed by atoms with E-state index in [0.717, 1.165) is 19.3 Å². The number of nitrogens with two attached hydrogens (primary N) is 1. The first kappa shape index (κ1) is 14.2. The lowest BCUT2D eigenvalue weighted by atomic mass is 9.93. The number of nitrogens with one attached hydrogen (secondary N) is 1. The zero-order valence-electron chi connectivity index (χ0n) is 11.7. The Bertz CT molecular complexity index is 561. The Morgan fingerprint density at radius 3 is 2.58 bits per heavy atom. The Labute approximate surface area is 114 Å². The van der Waals surface area contributed by atoms with Crippen molar-refractivity contribution in [3.8, 4) is 0 Å². The molecule has 1 aliphatic rings. The molecule has 108 valence electrons. The fraction of sp³-hybridized carbons (Fsp3) is 0.750. The molecule has 0 aromatic carbocycles. The van der Waals surface area contributed by atoms with Crippen LogP contribution in [0.15, 0.2) is 4.90 Å². The summed E-state index contributed by atoms with van der Waals surface area (Å²) in [5, 5.41) is 7.57. The second-order valence-corrected chi connectivity index (χ2v) is 7.26. The van der Waals surface area contributed by atoms with Crippen molar-refractivity contribution in [3.05, 3.63) is 0 Å². The summed E-state index contributed by atoms with van der Waals surface area (Å²) in [6.45, 7) is 3.99. The molecule has 1 aromatic heterocycles. The minimum absolute atomic E-state index is 0.0810. The van der Waals surface area contributed by atoms with E-state index in [4.69, 9.17) is 5.73 Å². The molecule has 2 rings (SSSR count). The first-order valence-corrected chi connectivity index (χ1v) is 8.58. The fourth-order valence-electron chi connectivity index (χ4n) is 2.15. The summed E-state index contributed by atoms with van der Waals surface area (Å²) in [6, 6.07) is 0.401. The normalized spacial score (nSPS) is 18.1. The molecule has 1 heterocycles. The highest BCUT2D eigenvalue weighted by atomic mass is 32.2. The average Bonchev–Trinajstić information content (AvgIpc) is 2.59. The standard InChI is InChI=1S/C12H22N4O2S/c1-4-8(2)16-11(13)10(19(3,17)18)12(15-16)14-9-6-5-7-9/h8-9H,4-7,13H2,1-3H3,(H,14,15). The maximum Gasteiger partial charge on any atom is 0.182 e. The summed E-state index contributed by atoms with van der Waals surface area (Å²) in [5.41, 5.74) is 5.98. The van der Waals surface area contributed by atoms with Gasteiger partial charge in [-0.05, 0) is 32.6 Å². The van der Waals surface area contributed by atoms with E-state index in [1.807, 2.05) is 13.8 Å². The molecule has 1 aromatic rings. The molecule has 0 spiro atoms. The van der Waals surface area contributed by atoms with E-state index in [0.29, 0.717) is 11.9 Å². The lowest BCUT2D eigenvalue weighted by Gasteiger charge is -2.26. The largest absolute Gasteiger partial charge is 0.383 e. The highest BCUT2D eigenvalue weighted by molar-refractivity contribution is 7.91. The number of hydrogen-bond acceptors (Lipinski definition) is 5. The summed E-state index contributed by atoms with van der Waals surface area (Å²) in [6.07, 6.45) is 5.30. The number of rotatable bonds is 5. The van der Waals surface area contributed by atoms with Gasteiger partial charge in [-0.15, -0.1) is 0 Å². The number of nitrogen functional groups attached to an aromatic ring is 1. The third kappa shape index (κ3) is 2.70. The van der Waals surface area contributed by atoms with Crippen molar-refractivity contribution in [2.45, 2.75) is 56.5 Å². The van der Waals surface area contributed by atoms with Gasteiger partial charge in [-0.25, -0.2) is 13.1 Å². The zero-order valence-corrected chi connectivity index (χ0v) is 12.5. The van der Waals surface area contributed by atoms with Crippen LogP contribution >= 0.6 is 0 Å². The van der Waals surface area contributed by atoms with E-state index in [-0.39, 0.29) is 16.8 Å². The molecule has 1 saturated carbocycles. The number of sulfone groups is 1. The van der Waals surface area contributed by atoms with Gasteiger partial charge in [0.1, 0.15) is 5.82 Å². The maximum atomic E-state index is 11.9. The lowest BCUT2D eigenvalue weighted by molar-refractivity contribution is 0.440. The van der Waals surface area contributed by atoms with Crippen molar-refractivity contribution in [3.63, 3.8) is 0 Å². The third-order valence-electron chi connectivity index (χ3n) is 3.73. The predicted octanol–water partition coefficient (Wildman–Crippen LogP) is 1.80. The zero-order chi connectivity index (χ0) is 14.2. The van der Waals surface area contributed by atoms with E-state index >= 15 is 0 Å². The highest BCUT2D eigenvalue weighted by Gasteiger charge is 2.28. The van der Waals surface area contributed by atoms with Crippen molar-refractivity contribution < 1.29 is 8.42 Å². The van der Waals surface area contributed by atoms with E-state index in [9.17, 15) is 8.42 Å². The van der Waals surface area contributed by atoms with Crippen molar-refractivity contribution in [2.75, 3.05) is 17.3 Å². The molecule has 6 nitrogen and oxygen atoms in total. The molecule has 1 fully saturated rings. The van der Waals surface area contributed by atoms with Crippen molar-refractivity contribution in [2.24, 2.45) is 0 Å². The van der Waals surface area contributed by atoms with E-state index < -0.39 is 9.84 Å². The molecular formula is C12H22N4O2S. The van der Waals surface area contributed by atoms with Crippen LogP contribution in [0, 0.1) is 0 Å². The molecule has 1 aliphatic carbocycles. The van der Waals surface area contributed by atoms with Gasteiger partial charge in [0.15, 0.2) is 20.6 Å². The first-order chi connectivity index (χ1) is 8.84. The third-order valence-corrected chi connectivity index (χ3v) is 4.87. The monoisotopic (exact) mass is 286 g/mol. The maximum absolute atomic E-state index is 11.9. The Morgan fingerprint density at radius 2 is 2.16 bits per heavy atom. The highest BCUT2D eigenvalue weighted by Crippen LogP contribution is 2.32. The summed E-state index contributed by atoms with van der Waals surface area (Å²) < 4.78 is 25.4. The SMILES string of the molecule is CCC(C)n1nc(NC2CCC2)c(S(C)(=O)=O)c1N. The second-order valence-electron chi connectivity index (χ2n) is 5.31. The molecule has 0 saturated heterocycles. The van der Waals surface area contributed by atoms with Gasteiger partial charge in [-0.2, -0.15) is 5.10 Å². The van der Waals surface area contributed by atoms with Crippen molar-refractivity contribution in [1.82, 2.24) is 9.78 Å². The molecule has 3 N–H and O–H groups in total. The summed E-state index contributed by atoms with van der Waals surface area (Å²) in [7, 11) is -3.39. The van der Waals surface area contributed by atoms with Crippen LogP contribution in [-0.2, 0) is 9.84 Å². The van der Waals surface area contributed by atoms with Crippen molar-refractivity contribution >= 4 is 21.5 Å². The lowest BCUT2D eigenvalue weighted by Crippen LogP contribution is -2.28. The topological polar surface area (TPSA) is 90.0 Å². The van der Waals surface area contributed by atoms with Crippen LogP contribution in [0.3, 0.4) is 0 Å². The minimum atomic E-state index is -3.39. The van der Waals surface area contributed by atoms with Crippen LogP contribution in [0.4, 0.5) is 11.6 Å². The molecule has 0 aliphatic heterocycles. The quantitative estimate of drug-likeness (QED) is 0.861. The Morgan fingerprint density at radius 1 is 1.53 bits per heavy atom. The smallest absolute Gasteiger partial charge is 0.182 e. The van der Waals surface area contributed by atoms with Gasteiger partial charge in [0.05, 0.1) is 6.04 Å². The molecule has 19 heavy (non-hydrogen) atoms. The first-order valence-electron chi connectivity index (χ1n) is 6.69. The Hall–Kier alpha value is -1.24. The van der Waals surface area contributed by atoms with Gasteiger partial charge in [-0.3, -0.25) is 0 Å². The number of aromatic nitrogens is 2. The van der Waals surface area contributed by atoms with Gasteiger partial charge in [0.25, 0.3) is 0 Å². The van der Waals surface area contributed by atoms with Crippen LogP contribution < -0.4 is 11.1 Å². The summed E-state index contributed by atoms with van der Waals surface area (Å²) >= 11 is 0. The fourth-order valence-corrected chi connectivity index (χ4v) is 3.07. The Kier molecular flexibility index (Phi) is 3.75. The number of hydrogen-bond donors (Lipinski definition) is 2. The Balaban J connectivity index is 2.44. The second kappa shape index (κ2) is 5.03. The van der Waals surface area contributed by atoms with Crippen LogP contribution in [0.5, 0.6) is 0 Å². The molecule has 1 atom stereocenters. The van der Waals surface area contributed by atoms with Gasteiger partial charge in [0, 0.05) is 12.3 Å². The molecule has 0 radical (unpaired) electrons. The van der Waals surface area contributed by atoms with E-state index in [1.165, 1.54) is 12.7 Å². The van der Waals surface area contributed by atoms with Gasteiger partial charge in [0.2, 0.25) is 0 Å². The van der Waals surface area contributed by atoms with Crippen LogP contribution in [-0.4, -0.2) is 30.5 Å². The summed E-state index contributed by atoms with van der Waals surface area (Å²) in [4.78, 5) is 0.139. The predicted molar refractivity (Wildman–Crippen MR) is 76.0 cm³/mol. The van der Waals surface area contributed by atoms with Gasteiger partial charge in [-0.1, -0.05) is 6.92 Å². The number of anilines is 2. The number of nitrogens with zero attached hydrogens (tertiary/aromatic N) is 2. The van der Waals surface area contributed by atoms with Gasteiger partial charge < -0.3 is 11.1 Å². The molecule has 7 heteroatoms. The van der Waals surface area contributed by atoms with E-state index in [1.54, 1.807) is 4.68 Å². The molecular weight excluding hydrogens is 264 g/mol. The van der Waals surface area contributed by atoms with Gasteiger partial charge >= 0.3 is 0 Å².